The first-order valence-corrected chi connectivity index (χ1v) is 6.14. The van der Waals surface area contributed by atoms with Gasteiger partial charge in [0.25, 0.3) is 0 Å². The van der Waals surface area contributed by atoms with Gasteiger partial charge in [-0.15, -0.1) is 0 Å². The van der Waals surface area contributed by atoms with Crippen LogP contribution in [0.1, 0.15) is 34.6 Å². The van der Waals surface area contributed by atoms with Gasteiger partial charge in [0.1, 0.15) is 4.95 Å². The second-order valence-corrected chi connectivity index (χ2v) is 4.42. The normalized spacial score (nSPS) is 12.3. The molecule has 0 aliphatic carbocycles. The summed E-state index contributed by atoms with van der Waals surface area (Å²) < 4.78 is 9.55. The predicted molar refractivity (Wildman–Crippen MR) is 61.2 cm³/mol. The van der Waals surface area contributed by atoms with E-state index in [2.05, 4.69) is 11.2 Å². The van der Waals surface area contributed by atoms with E-state index in [1.165, 1.54) is 0 Å². The summed E-state index contributed by atoms with van der Waals surface area (Å²) in [5.74, 6) is 0. The Balaban J connectivity index is 4.11. The minimum atomic E-state index is -1.88. The summed E-state index contributed by atoms with van der Waals surface area (Å²) in [7, 11) is -1.88. The van der Waals surface area contributed by atoms with Gasteiger partial charge in [-0.05, 0) is 34.6 Å². The molecule has 0 aromatic rings. The molecule has 0 fully saturated rings. The summed E-state index contributed by atoms with van der Waals surface area (Å²) in [4.78, 5) is 13.1. The molecule has 5 nitrogen and oxygen atoms in total. The summed E-state index contributed by atoms with van der Waals surface area (Å²) in [6, 6.07) is 0.524. The molecule has 15 heavy (non-hydrogen) atoms. The lowest BCUT2D eigenvalue weighted by Gasteiger charge is -2.13. The van der Waals surface area contributed by atoms with Crippen LogP contribution < -0.4 is 0 Å². The minimum absolute atomic E-state index is 0.262. The van der Waals surface area contributed by atoms with Crippen LogP contribution in [0.25, 0.3) is 4.95 Å². The van der Waals surface area contributed by atoms with E-state index < -0.39 is 8.60 Å². The van der Waals surface area contributed by atoms with Gasteiger partial charge in [-0.1, -0.05) is 5.01 Å². The first kappa shape index (κ1) is 14.4. The van der Waals surface area contributed by atoms with E-state index in [-0.39, 0.29) is 12.1 Å². The van der Waals surface area contributed by atoms with E-state index in [1.54, 1.807) is 6.92 Å². The van der Waals surface area contributed by atoms with Gasteiger partial charge in [0.2, 0.25) is 0 Å². The Morgan fingerprint density at radius 1 is 1.33 bits per heavy atom. The van der Waals surface area contributed by atoms with E-state index in [0.717, 1.165) is 0 Å². The number of nitrogens with zero attached hydrogens (tertiary/aromatic N) is 2. The molecule has 0 aromatic heterocycles. The molecule has 1 N–H and O–H groups in total. The zero-order valence-electron chi connectivity index (χ0n) is 9.97. The first-order chi connectivity index (χ1) is 6.99. The fourth-order valence-corrected chi connectivity index (χ4v) is 1.44. The molecule has 6 heteroatoms. The Hall–Kier alpha value is -0.560. The van der Waals surface area contributed by atoms with Crippen molar-refractivity contribution in [3.05, 3.63) is 4.95 Å². The fraction of sp³-hybridized carbons (Fsp3) is 0.889. The molecule has 0 aromatic carbocycles. The Bertz CT molecular complexity index is 217. The monoisotopic (exact) mass is 235 g/mol. The number of hydrogen-bond donors (Lipinski definition) is 1. The number of hydrogen-bond acceptors (Lipinski definition) is 4. The van der Waals surface area contributed by atoms with Crippen molar-refractivity contribution in [1.82, 2.24) is 5.01 Å². The lowest BCUT2D eigenvalue weighted by Crippen LogP contribution is -2.30. The van der Waals surface area contributed by atoms with Gasteiger partial charge in [0.15, 0.2) is 0 Å². The summed E-state index contributed by atoms with van der Waals surface area (Å²) in [6.45, 7) is 10.3. The SMILES string of the molecule is CCOP(O)OC#[N+]N(C(C)C)C(C)C. The van der Waals surface area contributed by atoms with Crippen LogP contribution in [0.2, 0.25) is 0 Å². The molecule has 0 aliphatic rings. The van der Waals surface area contributed by atoms with E-state index in [4.69, 9.17) is 13.9 Å². The average molecular weight is 235 g/mol. The van der Waals surface area contributed by atoms with Crippen LogP contribution in [0.3, 0.4) is 0 Å². The van der Waals surface area contributed by atoms with Crippen molar-refractivity contribution >= 4 is 8.60 Å². The third-order valence-corrected chi connectivity index (χ3v) is 2.29. The van der Waals surface area contributed by atoms with Crippen molar-refractivity contribution in [3.63, 3.8) is 0 Å². The average Bonchev–Trinajstić information content (AvgIpc) is 2.11. The van der Waals surface area contributed by atoms with Gasteiger partial charge >= 0.3 is 14.9 Å². The summed E-state index contributed by atoms with van der Waals surface area (Å²) >= 11 is 0. The molecule has 0 rings (SSSR count). The standard InChI is InChI=1S/C9H20N2O3P/c1-6-13-15(12)14-7-10-11(8(2)3)9(4)5/h8-9,12H,6H2,1-5H3/q+1. The second kappa shape index (κ2) is 7.70. The zero-order valence-corrected chi connectivity index (χ0v) is 10.9. The Labute approximate surface area is 92.8 Å². The van der Waals surface area contributed by atoms with Crippen molar-refractivity contribution in [1.29, 1.82) is 0 Å². The Kier molecular flexibility index (Phi) is 7.41. The highest BCUT2D eigenvalue weighted by Crippen LogP contribution is 2.31. The fourth-order valence-electron chi connectivity index (χ4n) is 1.06. The molecule has 0 bridgehead atoms. The molecular formula is C9H20N2O3P+. The van der Waals surface area contributed by atoms with Crippen LogP contribution in [0.5, 0.6) is 0 Å². The first-order valence-electron chi connectivity index (χ1n) is 5.01. The molecule has 1 atom stereocenters. The van der Waals surface area contributed by atoms with Crippen LogP contribution in [-0.4, -0.2) is 28.6 Å². The molecule has 88 valence electrons. The predicted octanol–water partition coefficient (Wildman–Crippen LogP) is 2.58. The molecule has 0 heterocycles. The third kappa shape index (κ3) is 6.51. The van der Waals surface area contributed by atoms with Crippen LogP contribution in [0.15, 0.2) is 0 Å². The molecule has 0 radical (unpaired) electrons. The molecule has 0 spiro atoms. The molecule has 0 aliphatic heterocycles. The van der Waals surface area contributed by atoms with Crippen molar-refractivity contribution in [2.75, 3.05) is 6.61 Å². The molecule has 1 unspecified atom stereocenters. The highest BCUT2D eigenvalue weighted by Gasteiger charge is 2.20. The lowest BCUT2D eigenvalue weighted by molar-refractivity contribution is 0.241. The van der Waals surface area contributed by atoms with Gasteiger partial charge in [0, 0.05) is 0 Å². The van der Waals surface area contributed by atoms with Crippen molar-refractivity contribution in [2.24, 2.45) is 0 Å². The maximum Gasteiger partial charge on any atom is 0.568 e. The maximum absolute atomic E-state index is 9.12. The quantitative estimate of drug-likeness (QED) is 0.452. The van der Waals surface area contributed by atoms with Crippen LogP contribution >= 0.6 is 8.60 Å². The Morgan fingerprint density at radius 2 is 1.87 bits per heavy atom. The molecular weight excluding hydrogens is 215 g/mol. The van der Waals surface area contributed by atoms with Gasteiger partial charge in [-0.3, -0.25) is 0 Å². The maximum atomic E-state index is 9.12. The molecule has 0 saturated carbocycles. The topological polar surface area (TPSA) is 46.3 Å². The van der Waals surface area contributed by atoms with Crippen molar-refractivity contribution in [2.45, 2.75) is 46.7 Å². The highest BCUT2D eigenvalue weighted by molar-refractivity contribution is 7.40. The molecule has 0 saturated heterocycles. The van der Waals surface area contributed by atoms with E-state index >= 15 is 0 Å². The number of rotatable bonds is 5. The molecule has 0 amide bonds. The van der Waals surface area contributed by atoms with Gasteiger partial charge in [0.05, 0.1) is 18.7 Å². The van der Waals surface area contributed by atoms with E-state index in [0.29, 0.717) is 6.61 Å². The summed E-state index contributed by atoms with van der Waals surface area (Å²) in [5.41, 5.74) is 0. The van der Waals surface area contributed by atoms with Gasteiger partial charge in [-0.25, -0.2) is 0 Å². The zero-order chi connectivity index (χ0) is 11.8. The van der Waals surface area contributed by atoms with Gasteiger partial charge < -0.3 is 13.9 Å². The van der Waals surface area contributed by atoms with E-state index in [9.17, 15) is 0 Å². The second-order valence-electron chi connectivity index (χ2n) is 3.51. The van der Waals surface area contributed by atoms with Crippen molar-refractivity contribution < 1.29 is 13.9 Å². The lowest BCUT2D eigenvalue weighted by atomic mass is 10.3. The largest absolute Gasteiger partial charge is 0.568 e. The summed E-state index contributed by atoms with van der Waals surface area (Å²) in [5, 5.41) is 1.83. The summed E-state index contributed by atoms with van der Waals surface area (Å²) in [6.07, 6.45) is 2.34. The highest BCUT2D eigenvalue weighted by atomic mass is 31.2. The third-order valence-electron chi connectivity index (χ3n) is 1.57. The minimum Gasteiger partial charge on any atom is -0.318 e. The van der Waals surface area contributed by atoms with Gasteiger partial charge in [-0.2, -0.15) is 0 Å². The smallest absolute Gasteiger partial charge is 0.318 e. The van der Waals surface area contributed by atoms with Crippen LogP contribution in [0, 0.1) is 6.26 Å². The van der Waals surface area contributed by atoms with Crippen LogP contribution in [-0.2, 0) is 9.05 Å². The van der Waals surface area contributed by atoms with E-state index in [1.807, 2.05) is 32.7 Å². The Morgan fingerprint density at radius 3 is 2.27 bits per heavy atom. The van der Waals surface area contributed by atoms with Crippen molar-refractivity contribution in [3.8, 4) is 6.26 Å². The van der Waals surface area contributed by atoms with Crippen LogP contribution in [0.4, 0.5) is 0 Å².